The van der Waals surface area contributed by atoms with Crippen molar-refractivity contribution in [3.63, 3.8) is 0 Å². The van der Waals surface area contributed by atoms with Crippen LogP contribution in [0.3, 0.4) is 0 Å². The molecule has 0 unspecified atom stereocenters. The van der Waals surface area contributed by atoms with Crippen molar-refractivity contribution in [2.45, 2.75) is 19.8 Å². The van der Waals surface area contributed by atoms with E-state index in [0.717, 1.165) is 27.8 Å². The number of likely N-dealkylation sites (tertiary alicyclic amines) is 1. The number of carbonyl (C=O) groups excluding carboxylic acids is 2. The van der Waals surface area contributed by atoms with Gasteiger partial charge in [0.25, 0.3) is 5.91 Å². The van der Waals surface area contributed by atoms with Gasteiger partial charge in [-0.15, -0.1) is 11.3 Å². The van der Waals surface area contributed by atoms with Crippen LogP contribution in [0, 0.1) is 5.92 Å². The van der Waals surface area contributed by atoms with E-state index in [4.69, 9.17) is 4.74 Å². The molecule has 0 N–H and O–H groups in total. The second-order valence-electron chi connectivity index (χ2n) is 5.49. The van der Waals surface area contributed by atoms with Crippen LogP contribution >= 0.6 is 11.3 Å². The SMILES string of the molecule is CCOC(=O)[C@H]1CCCN(C(=O)c2cc3ccccc3s2)C1. The number of piperidine rings is 1. The van der Waals surface area contributed by atoms with E-state index in [1.165, 1.54) is 11.3 Å². The summed E-state index contributed by atoms with van der Waals surface area (Å²) in [6.07, 6.45) is 1.65. The average Bonchev–Trinajstić information content (AvgIpc) is 2.98. The number of thiophene rings is 1. The van der Waals surface area contributed by atoms with Crippen molar-refractivity contribution in [1.29, 1.82) is 0 Å². The standard InChI is InChI=1S/C17H19NO3S/c1-2-21-17(20)13-7-5-9-18(11-13)16(19)15-10-12-6-3-4-8-14(12)22-15/h3-4,6,8,10,13H,2,5,7,9,11H2,1H3/t13-/m0/s1. The molecule has 1 aromatic heterocycles. The summed E-state index contributed by atoms with van der Waals surface area (Å²) in [6, 6.07) is 9.93. The van der Waals surface area contributed by atoms with Gasteiger partial charge in [0.2, 0.25) is 0 Å². The number of rotatable bonds is 3. The molecule has 1 aromatic carbocycles. The molecule has 4 nitrogen and oxygen atoms in total. The molecule has 0 aliphatic carbocycles. The van der Waals surface area contributed by atoms with Crippen molar-refractivity contribution in [1.82, 2.24) is 4.90 Å². The highest BCUT2D eigenvalue weighted by Crippen LogP contribution is 2.28. The molecule has 1 saturated heterocycles. The molecule has 0 saturated carbocycles. The lowest BCUT2D eigenvalue weighted by atomic mass is 9.98. The molecule has 1 amide bonds. The van der Waals surface area contributed by atoms with Crippen LogP contribution in [0.4, 0.5) is 0 Å². The fourth-order valence-electron chi connectivity index (χ4n) is 2.86. The Labute approximate surface area is 133 Å². The molecule has 0 bridgehead atoms. The summed E-state index contributed by atoms with van der Waals surface area (Å²) in [5.41, 5.74) is 0. The highest BCUT2D eigenvalue weighted by molar-refractivity contribution is 7.20. The topological polar surface area (TPSA) is 46.6 Å². The smallest absolute Gasteiger partial charge is 0.310 e. The van der Waals surface area contributed by atoms with Gasteiger partial charge in [-0.25, -0.2) is 0 Å². The highest BCUT2D eigenvalue weighted by atomic mass is 32.1. The largest absolute Gasteiger partial charge is 0.466 e. The van der Waals surface area contributed by atoms with Gasteiger partial charge in [0.1, 0.15) is 0 Å². The maximum Gasteiger partial charge on any atom is 0.310 e. The predicted molar refractivity (Wildman–Crippen MR) is 87.1 cm³/mol. The summed E-state index contributed by atoms with van der Waals surface area (Å²) >= 11 is 1.51. The summed E-state index contributed by atoms with van der Waals surface area (Å²) in [5.74, 6) is -0.349. The van der Waals surface area contributed by atoms with E-state index in [0.29, 0.717) is 19.7 Å². The van der Waals surface area contributed by atoms with Crippen LogP contribution in [-0.4, -0.2) is 36.5 Å². The summed E-state index contributed by atoms with van der Waals surface area (Å²) < 4.78 is 6.20. The van der Waals surface area contributed by atoms with E-state index in [1.807, 2.05) is 30.3 Å². The molecule has 1 aliphatic rings. The van der Waals surface area contributed by atoms with Gasteiger partial charge < -0.3 is 9.64 Å². The number of ether oxygens (including phenoxy) is 1. The molecule has 0 spiro atoms. The third-order valence-electron chi connectivity index (χ3n) is 3.96. The second-order valence-corrected chi connectivity index (χ2v) is 6.57. The lowest BCUT2D eigenvalue weighted by Crippen LogP contribution is -2.42. The Morgan fingerprint density at radius 1 is 1.36 bits per heavy atom. The lowest BCUT2D eigenvalue weighted by molar-refractivity contribution is -0.149. The van der Waals surface area contributed by atoms with E-state index in [1.54, 1.807) is 11.8 Å². The van der Waals surface area contributed by atoms with Crippen LogP contribution in [0.2, 0.25) is 0 Å². The first-order chi connectivity index (χ1) is 10.7. The predicted octanol–water partition coefficient (Wildman–Crippen LogP) is 3.32. The Bertz CT molecular complexity index is 661. The van der Waals surface area contributed by atoms with Gasteiger partial charge in [-0.2, -0.15) is 0 Å². The number of hydrogen-bond donors (Lipinski definition) is 0. The monoisotopic (exact) mass is 317 g/mol. The lowest BCUT2D eigenvalue weighted by Gasteiger charge is -2.31. The average molecular weight is 317 g/mol. The molecule has 0 radical (unpaired) electrons. The highest BCUT2D eigenvalue weighted by Gasteiger charge is 2.30. The molecule has 2 heterocycles. The third kappa shape index (κ3) is 2.99. The van der Waals surface area contributed by atoms with E-state index in [9.17, 15) is 9.59 Å². The van der Waals surface area contributed by atoms with Gasteiger partial charge >= 0.3 is 5.97 Å². The Kier molecular flexibility index (Phi) is 4.43. The van der Waals surface area contributed by atoms with Crippen LogP contribution in [0.5, 0.6) is 0 Å². The zero-order valence-corrected chi connectivity index (χ0v) is 13.4. The number of hydrogen-bond acceptors (Lipinski definition) is 4. The van der Waals surface area contributed by atoms with Gasteiger partial charge in [0.15, 0.2) is 0 Å². The van der Waals surface area contributed by atoms with Crippen molar-refractivity contribution in [2.75, 3.05) is 19.7 Å². The van der Waals surface area contributed by atoms with E-state index >= 15 is 0 Å². The Balaban J connectivity index is 1.75. The van der Waals surface area contributed by atoms with Crippen molar-refractivity contribution >= 4 is 33.3 Å². The van der Waals surface area contributed by atoms with Crippen molar-refractivity contribution in [2.24, 2.45) is 5.92 Å². The first-order valence-corrected chi connectivity index (χ1v) is 8.45. The number of esters is 1. The molecule has 1 fully saturated rings. The minimum absolute atomic E-state index is 0.0233. The number of amides is 1. The number of benzene rings is 1. The summed E-state index contributed by atoms with van der Waals surface area (Å²) in [4.78, 5) is 27.1. The summed E-state index contributed by atoms with van der Waals surface area (Å²) in [5, 5.41) is 1.09. The van der Waals surface area contributed by atoms with E-state index < -0.39 is 0 Å². The second kappa shape index (κ2) is 6.48. The van der Waals surface area contributed by atoms with Crippen LogP contribution in [0.15, 0.2) is 30.3 Å². The molecule has 5 heteroatoms. The minimum Gasteiger partial charge on any atom is -0.466 e. The molecule has 3 rings (SSSR count). The van der Waals surface area contributed by atoms with E-state index in [2.05, 4.69) is 0 Å². The third-order valence-corrected chi connectivity index (χ3v) is 5.07. The fourth-order valence-corrected chi connectivity index (χ4v) is 3.89. The minimum atomic E-state index is -0.188. The quantitative estimate of drug-likeness (QED) is 0.816. The van der Waals surface area contributed by atoms with Gasteiger partial charge in [-0.3, -0.25) is 9.59 Å². The van der Waals surface area contributed by atoms with E-state index in [-0.39, 0.29) is 17.8 Å². The molecule has 116 valence electrons. The Morgan fingerprint density at radius 3 is 2.95 bits per heavy atom. The molecule has 1 aliphatic heterocycles. The molecule has 2 aromatic rings. The van der Waals surface area contributed by atoms with Crippen molar-refractivity contribution in [3.8, 4) is 0 Å². The van der Waals surface area contributed by atoms with Gasteiger partial charge in [-0.05, 0) is 37.3 Å². The zero-order chi connectivity index (χ0) is 15.5. The first-order valence-electron chi connectivity index (χ1n) is 7.63. The normalized spacial score (nSPS) is 18.4. The van der Waals surface area contributed by atoms with Crippen molar-refractivity contribution in [3.05, 3.63) is 35.2 Å². The number of fused-ring (bicyclic) bond motifs is 1. The number of nitrogens with zero attached hydrogens (tertiary/aromatic N) is 1. The fraction of sp³-hybridized carbons (Fsp3) is 0.412. The Morgan fingerprint density at radius 2 is 2.18 bits per heavy atom. The van der Waals surface area contributed by atoms with Crippen LogP contribution in [0.25, 0.3) is 10.1 Å². The van der Waals surface area contributed by atoms with Crippen LogP contribution in [-0.2, 0) is 9.53 Å². The van der Waals surface area contributed by atoms with Crippen molar-refractivity contribution < 1.29 is 14.3 Å². The van der Waals surface area contributed by atoms with Gasteiger partial charge in [0.05, 0.1) is 17.4 Å². The van der Waals surface area contributed by atoms with Gasteiger partial charge in [-0.1, -0.05) is 18.2 Å². The van der Waals surface area contributed by atoms with Gasteiger partial charge in [0, 0.05) is 17.8 Å². The molecule has 1 atom stereocenters. The Hall–Kier alpha value is -1.88. The van der Waals surface area contributed by atoms with Crippen LogP contribution in [0.1, 0.15) is 29.4 Å². The maximum absolute atomic E-state index is 12.7. The molecular weight excluding hydrogens is 298 g/mol. The number of carbonyl (C=O) groups is 2. The van der Waals surface area contributed by atoms with Crippen LogP contribution < -0.4 is 0 Å². The first kappa shape index (κ1) is 15.0. The zero-order valence-electron chi connectivity index (χ0n) is 12.6. The molecular formula is C17H19NO3S. The maximum atomic E-state index is 12.7. The summed E-state index contributed by atoms with van der Waals surface area (Å²) in [6.45, 7) is 3.37. The summed E-state index contributed by atoms with van der Waals surface area (Å²) in [7, 11) is 0. The molecule has 22 heavy (non-hydrogen) atoms.